The molecule has 0 spiro atoms. The molecule has 4 nitrogen and oxygen atoms in total. The van der Waals surface area contributed by atoms with E-state index in [0.29, 0.717) is 15.6 Å². The molecule has 2 aromatic rings. The maximum absolute atomic E-state index is 12.1. The molecule has 1 aromatic carbocycles. The number of thiophene rings is 1. The van der Waals surface area contributed by atoms with Crippen molar-refractivity contribution in [3.63, 3.8) is 0 Å². The van der Waals surface area contributed by atoms with E-state index in [-0.39, 0.29) is 17.9 Å². The van der Waals surface area contributed by atoms with Crippen LogP contribution in [0.2, 0.25) is 5.02 Å². The zero-order valence-electron chi connectivity index (χ0n) is 10.1. The van der Waals surface area contributed by atoms with Gasteiger partial charge in [0, 0.05) is 0 Å². The first-order chi connectivity index (χ1) is 9.59. The van der Waals surface area contributed by atoms with Crippen LogP contribution in [0, 0.1) is 0 Å². The number of hydrogen-bond donors (Lipinski definition) is 0. The maximum Gasteiger partial charge on any atom is 0.299 e. The predicted molar refractivity (Wildman–Crippen MR) is 76.8 cm³/mol. The van der Waals surface area contributed by atoms with Crippen LogP contribution >= 0.6 is 22.9 Å². The molecule has 2 heterocycles. The first-order valence-electron chi connectivity index (χ1n) is 5.81. The molecule has 0 radical (unpaired) electrons. The number of amides is 1. The number of rotatable bonds is 3. The number of carbonyl (C=O) groups excluding carboxylic acids is 3. The van der Waals surface area contributed by atoms with Gasteiger partial charge in [0.15, 0.2) is 5.78 Å². The van der Waals surface area contributed by atoms with Gasteiger partial charge in [-0.3, -0.25) is 19.3 Å². The van der Waals surface area contributed by atoms with Crippen LogP contribution < -0.4 is 4.90 Å². The van der Waals surface area contributed by atoms with E-state index in [1.807, 2.05) is 0 Å². The standard InChI is InChI=1S/C14H8ClNO3S/c15-9-4-1-3-8-12(9)16(14(19)13(8)18)7-10(17)11-5-2-6-20-11/h1-6H,7H2. The minimum Gasteiger partial charge on any atom is -0.295 e. The lowest BCUT2D eigenvalue weighted by atomic mass is 10.1. The Labute approximate surface area is 123 Å². The summed E-state index contributed by atoms with van der Waals surface area (Å²) in [5.74, 6) is -1.55. The number of ketones is 2. The molecule has 6 heteroatoms. The lowest BCUT2D eigenvalue weighted by Gasteiger charge is -2.16. The fraction of sp³-hybridized carbons (Fsp3) is 0.0714. The number of Topliss-reactive ketones (excluding diaryl/α,β-unsaturated/α-hetero) is 2. The first kappa shape index (κ1) is 13.0. The van der Waals surface area contributed by atoms with Crippen LogP contribution in [0.25, 0.3) is 0 Å². The molecule has 1 aliphatic heterocycles. The number of benzene rings is 1. The third kappa shape index (κ3) is 1.95. The normalized spacial score (nSPS) is 13.8. The average molecular weight is 306 g/mol. The smallest absolute Gasteiger partial charge is 0.295 e. The Balaban J connectivity index is 1.97. The SMILES string of the molecule is O=C(CN1C(=O)C(=O)c2cccc(Cl)c21)c1cccs1. The predicted octanol–water partition coefficient (Wildman–Crippen LogP) is 2.81. The summed E-state index contributed by atoms with van der Waals surface area (Å²) >= 11 is 7.35. The van der Waals surface area contributed by atoms with Crippen molar-refractivity contribution in [3.05, 3.63) is 51.2 Å². The van der Waals surface area contributed by atoms with E-state index in [2.05, 4.69) is 0 Å². The van der Waals surface area contributed by atoms with Crippen molar-refractivity contribution in [1.82, 2.24) is 0 Å². The number of fused-ring (bicyclic) bond motifs is 1. The second-order valence-corrected chi connectivity index (χ2v) is 5.61. The second kappa shape index (κ2) is 4.85. The minimum atomic E-state index is -0.710. The Bertz CT molecular complexity index is 724. The van der Waals surface area contributed by atoms with Crippen LogP contribution in [0.5, 0.6) is 0 Å². The van der Waals surface area contributed by atoms with Gasteiger partial charge in [-0.15, -0.1) is 11.3 Å². The third-order valence-corrected chi connectivity index (χ3v) is 4.25. The molecule has 0 fully saturated rings. The van der Waals surface area contributed by atoms with Crippen LogP contribution in [0.4, 0.5) is 5.69 Å². The fourth-order valence-electron chi connectivity index (χ4n) is 2.12. The molecule has 1 aromatic heterocycles. The minimum absolute atomic E-state index is 0.179. The Morgan fingerprint density at radius 1 is 1.20 bits per heavy atom. The quantitative estimate of drug-likeness (QED) is 0.647. The molecule has 0 saturated carbocycles. The molecule has 0 aliphatic carbocycles. The molecule has 1 aliphatic rings. The number of nitrogens with zero attached hydrogens (tertiary/aromatic N) is 1. The number of carbonyl (C=O) groups is 3. The Morgan fingerprint density at radius 3 is 2.70 bits per heavy atom. The molecule has 20 heavy (non-hydrogen) atoms. The Hall–Kier alpha value is -1.98. The zero-order valence-corrected chi connectivity index (χ0v) is 11.7. The van der Waals surface area contributed by atoms with E-state index in [9.17, 15) is 14.4 Å². The van der Waals surface area contributed by atoms with Crippen molar-refractivity contribution in [1.29, 1.82) is 0 Å². The first-order valence-corrected chi connectivity index (χ1v) is 7.07. The van der Waals surface area contributed by atoms with Crippen molar-refractivity contribution < 1.29 is 14.4 Å². The second-order valence-electron chi connectivity index (χ2n) is 4.26. The van der Waals surface area contributed by atoms with Gasteiger partial charge in [0.2, 0.25) is 0 Å². The summed E-state index contributed by atoms with van der Waals surface area (Å²) in [6.07, 6.45) is 0. The Kier molecular flexibility index (Phi) is 3.16. The molecule has 0 unspecified atom stereocenters. The molecule has 0 saturated heterocycles. The highest BCUT2D eigenvalue weighted by molar-refractivity contribution is 7.12. The zero-order chi connectivity index (χ0) is 14.3. The van der Waals surface area contributed by atoms with Gasteiger partial charge in [0.05, 0.1) is 27.7 Å². The summed E-state index contributed by atoms with van der Waals surface area (Å²) in [7, 11) is 0. The van der Waals surface area contributed by atoms with Gasteiger partial charge in [0.25, 0.3) is 11.7 Å². The van der Waals surface area contributed by atoms with E-state index in [1.165, 1.54) is 17.4 Å². The third-order valence-electron chi connectivity index (χ3n) is 3.04. The van der Waals surface area contributed by atoms with Gasteiger partial charge in [-0.2, -0.15) is 0 Å². The van der Waals surface area contributed by atoms with Crippen LogP contribution in [0.15, 0.2) is 35.7 Å². The van der Waals surface area contributed by atoms with Gasteiger partial charge in [0.1, 0.15) is 0 Å². The fourth-order valence-corrected chi connectivity index (χ4v) is 3.06. The Morgan fingerprint density at radius 2 is 2.00 bits per heavy atom. The van der Waals surface area contributed by atoms with Gasteiger partial charge < -0.3 is 0 Å². The lowest BCUT2D eigenvalue weighted by molar-refractivity contribution is -0.114. The summed E-state index contributed by atoms with van der Waals surface area (Å²) in [5.41, 5.74) is 0.579. The monoisotopic (exact) mass is 305 g/mol. The van der Waals surface area contributed by atoms with Crippen LogP contribution in [-0.2, 0) is 4.79 Å². The van der Waals surface area contributed by atoms with Crippen molar-refractivity contribution >= 4 is 46.1 Å². The highest BCUT2D eigenvalue weighted by atomic mass is 35.5. The van der Waals surface area contributed by atoms with E-state index in [4.69, 9.17) is 11.6 Å². The number of hydrogen-bond acceptors (Lipinski definition) is 4. The molecule has 0 bridgehead atoms. The van der Waals surface area contributed by atoms with E-state index >= 15 is 0 Å². The van der Waals surface area contributed by atoms with Gasteiger partial charge in [-0.25, -0.2) is 0 Å². The van der Waals surface area contributed by atoms with Gasteiger partial charge in [-0.1, -0.05) is 23.7 Å². The highest BCUT2D eigenvalue weighted by Crippen LogP contribution is 2.35. The summed E-state index contributed by atoms with van der Waals surface area (Å²) in [4.78, 5) is 37.7. The van der Waals surface area contributed by atoms with Crippen molar-refractivity contribution in [3.8, 4) is 0 Å². The number of halogens is 1. The number of anilines is 1. The van der Waals surface area contributed by atoms with Crippen molar-refractivity contribution in [2.45, 2.75) is 0 Å². The largest absolute Gasteiger partial charge is 0.299 e. The summed E-state index contributed by atoms with van der Waals surface area (Å²) in [5, 5.41) is 2.08. The maximum atomic E-state index is 12.1. The lowest BCUT2D eigenvalue weighted by Crippen LogP contribution is -2.34. The molecule has 0 N–H and O–H groups in total. The van der Waals surface area contributed by atoms with Crippen molar-refractivity contribution in [2.24, 2.45) is 0 Å². The van der Waals surface area contributed by atoms with E-state index < -0.39 is 11.7 Å². The molecule has 100 valence electrons. The molecule has 3 rings (SSSR count). The number of para-hydroxylation sites is 1. The highest BCUT2D eigenvalue weighted by Gasteiger charge is 2.38. The summed E-state index contributed by atoms with van der Waals surface area (Å²) in [6.45, 7) is -0.179. The molecule has 1 amide bonds. The van der Waals surface area contributed by atoms with Crippen LogP contribution in [-0.4, -0.2) is 24.0 Å². The summed E-state index contributed by atoms with van der Waals surface area (Å²) < 4.78 is 0. The van der Waals surface area contributed by atoms with Gasteiger partial charge in [-0.05, 0) is 23.6 Å². The molecular weight excluding hydrogens is 298 g/mol. The van der Waals surface area contributed by atoms with Crippen LogP contribution in [0.3, 0.4) is 0 Å². The van der Waals surface area contributed by atoms with E-state index in [0.717, 1.165) is 4.90 Å². The topological polar surface area (TPSA) is 54.5 Å². The van der Waals surface area contributed by atoms with E-state index in [1.54, 1.807) is 29.6 Å². The average Bonchev–Trinajstić information content (AvgIpc) is 3.03. The molecule has 0 atom stereocenters. The van der Waals surface area contributed by atoms with Gasteiger partial charge >= 0.3 is 0 Å². The molecular formula is C14H8ClNO3S. The van der Waals surface area contributed by atoms with Crippen LogP contribution in [0.1, 0.15) is 20.0 Å². The van der Waals surface area contributed by atoms with Crippen molar-refractivity contribution in [2.75, 3.05) is 11.4 Å². The summed E-state index contributed by atoms with van der Waals surface area (Å²) in [6, 6.07) is 8.18.